The van der Waals surface area contributed by atoms with E-state index in [1.807, 2.05) is 0 Å². The molecule has 1 saturated heterocycles. The van der Waals surface area contributed by atoms with Gasteiger partial charge in [-0.05, 0) is 19.3 Å². The molecule has 1 aliphatic carbocycles. The fourth-order valence-corrected chi connectivity index (χ4v) is 2.93. The monoisotopic (exact) mass is 303 g/mol. The average molecular weight is 303 g/mol. The van der Waals surface area contributed by atoms with E-state index in [-0.39, 0.29) is 19.0 Å². The van der Waals surface area contributed by atoms with Crippen molar-refractivity contribution in [1.82, 2.24) is 4.90 Å². The highest BCUT2D eigenvalue weighted by atomic mass is 19.4. The molecule has 2 rings (SSSR count). The Morgan fingerprint density at radius 3 is 2.29 bits per heavy atom. The Balaban J connectivity index is 2.01. The lowest BCUT2D eigenvalue weighted by atomic mass is 9.94. The molecule has 2 N–H and O–H groups in total. The molecule has 1 heterocycles. The van der Waals surface area contributed by atoms with E-state index in [2.05, 4.69) is 6.07 Å². The molecule has 116 valence electrons. The van der Waals surface area contributed by atoms with Gasteiger partial charge in [0.2, 0.25) is 11.8 Å². The van der Waals surface area contributed by atoms with E-state index < -0.39 is 42.2 Å². The maximum absolute atomic E-state index is 13.1. The van der Waals surface area contributed by atoms with Crippen molar-refractivity contribution in [2.24, 2.45) is 23.0 Å². The number of likely N-dealkylation sites (tertiary alicyclic amines) is 1. The minimum Gasteiger partial charge on any atom is -0.369 e. The molecule has 0 aromatic carbocycles. The minimum atomic E-state index is -4.62. The van der Waals surface area contributed by atoms with Gasteiger partial charge >= 0.3 is 6.18 Å². The van der Waals surface area contributed by atoms with Crippen molar-refractivity contribution < 1.29 is 22.8 Å². The Morgan fingerprint density at radius 2 is 1.90 bits per heavy atom. The van der Waals surface area contributed by atoms with E-state index in [0.29, 0.717) is 12.8 Å². The third-order valence-electron chi connectivity index (χ3n) is 4.48. The lowest BCUT2D eigenvalue weighted by Gasteiger charge is -2.31. The number of hydrogen-bond donors (Lipinski definition) is 1. The predicted molar refractivity (Wildman–Crippen MR) is 65.3 cm³/mol. The van der Waals surface area contributed by atoms with Crippen LogP contribution in [0.1, 0.15) is 25.7 Å². The van der Waals surface area contributed by atoms with Crippen LogP contribution in [0.4, 0.5) is 13.2 Å². The Hall–Kier alpha value is -1.78. The third kappa shape index (κ3) is 2.82. The van der Waals surface area contributed by atoms with Gasteiger partial charge in [0.1, 0.15) is 0 Å². The summed E-state index contributed by atoms with van der Waals surface area (Å²) in [6.07, 6.45) is -4.82. The van der Waals surface area contributed by atoms with Crippen molar-refractivity contribution in [2.75, 3.05) is 13.1 Å². The van der Waals surface area contributed by atoms with Crippen LogP contribution >= 0.6 is 0 Å². The SMILES string of the molecule is N#CC1CCN(C(=O)C[C@]2(C(F)(F)F)CC2C(N)=O)CC1. The highest BCUT2D eigenvalue weighted by molar-refractivity contribution is 5.84. The number of amides is 2. The molecule has 8 heteroatoms. The number of rotatable bonds is 3. The second-order valence-electron chi connectivity index (χ2n) is 5.77. The first-order chi connectivity index (χ1) is 9.71. The fraction of sp³-hybridized carbons (Fsp3) is 0.769. The quantitative estimate of drug-likeness (QED) is 0.849. The van der Waals surface area contributed by atoms with Crippen molar-refractivity contribution in [3.8, 4) is 6.07 Å². The number of nitriles is 1. The number of alkyl halides is 3. The molecule has 2 aliphatic rings. The summed E-state index contributed by atoms with van der Waals surface area (Å²) in [6.45, 7) is 0.568. The number of carbonyl (C=O) groups excluding carboxylic acids is 2. The van der Waals surface area contributed by atoms with Crippen LogP contribution in [-0.2, 0) is 9.59 Å². The van der Waals surface area contributed by atoms with E-state index in [1.54, 1.807) is 0 Å². The second kappa shape index (κ2) is 5.20. The largest absolute Gasteiger partial charge is 0.395 e. The van der Waals surface area contributed by atoms with Gasteiger partial charge in [0.05, 0.1) is 17.4 Å². The van der Waals surface area contributed by atoms with Gasteiger partial charge in [0, 0.05) is 25.4 Å². The van der Waals surface area contributed by atoms with Gasteiger partial charge in [-0.15, -0.1) is 0 Å². The molecule has 2 atom stereocenters. The number of carbonyl (C=O) groups is 2. The molecule has 21 heavy (non-hydrogen) atoms. The fourth-order valence-electron chi connectivity index (χ4n) is 2.93. The summed E-state index contributed by atoms with van der Waals surface area (Å²) in [6, 6.07) is 2.09. The van der Waals surface area contributed by atoms with E-state index in [0.717, 1.165) is 0 Å². The van der Waals surface area contributed by atoms with E-state index in [4.69, 9.17) is 11.0 Å². The Bertz CT molecular complexity index is 492. The normalized spacial score (nSPS) is 29.8. The van der Waals surface area contributed by atoms with Crippen LogP contribution in [0.5, 0.6) is 0 Å². The molecule has 5 nitrogen and oxygen atoms in total. The van der Waals surface area contributed by atoms with Crippen LogP contribution < -0.4 is 5.73 Å². The predicted octanol–water partition coefficient (Wildman–Crippen LogP) is 1.19. The van der Waals surface area contributed by atoms with Gasteiger partial charge in [-0.1, -0.05) is 0 Å². The topological polar surface area (TPSA) is 87.2 Å². The maximum atomic E-state index is 13.1. The van der Waals surface area contributed by atoms with Crippen LogP contribution in [0.2, 0.25) is 0 Å². The molecular weight excluding hydrogens is 287 g/mol. The third-order valence-corrected chi connectivity index (χ3v) is 4.48. The number of nitrogens with zero attached hydrogens (tertiary/aromatic N) is 2. The van der Waals surface area contributed by atoms with Gasteiger partial charge in [-0.2, -0.15) is 18.4 Å². The average Bonchev–Trinajstić information content (AvgIpc) is 3.14. The standard InChI is InChI=1S/C13H16F3N3O2/c14-13(15,16)12(5-9(12)11(18)21)6-10(20)19-3-1-8(7-17)2-4-19/h8-9H,1-6H2,(H2,18,21)/t9?,12-/m1/s1. The Kier molecular flexibility index (Phi) is 3.87. The van der Waals surface area contributed by atoms with Crippen molar-refractivity contribution in [2.45, 2.75) is 31.9 Å². The zero-order valence-corrected chi connectivity index (χ0v) is 11.3. The molecular formula is C13H16F3N3O2. The van der Waals surface area contributed by atoms with Gasteiger partial charge in [0.15, 0.2) is 0 Å². The van der Waals surface area contributed by atoms with E-state index in [9.17, 15) is 22.8 Å². The number of hydrogen-bond acceptors (Lipinski definition) is 3. The summed E-state index contributed by atoms with van der Waals surface area (Å²) in [5.74, 6) is -3.08. The molecule has 0 aromatic heterocycles. The maximum Gasteiger partial charge on any atom is 0.395 e. The van der Waals surface area contributed by atoms with E-state index >= 15 is 0 Å². The number of halogens is 3. The highest BCUT2D eigenvalue weighted by Gasteiger charge is 2.73. The first kappa shape index (κ1) is 15.6. The van der Waals surface area contributed by atoms with Crippen molar-refractivity contribution in [1.29, 1.82) is 5.26 Å². The highest BCUT2D eigenvalue weighted by Crippen LogP contribution is 2.64. The van der Waals surface area contributed by atoms with Crippen LogP contribution in [0, 0.1) is 28.6 Å². The van der Waals surface area contributed by atoms with Gasteiger partial charge in [-0.25, -0.2) is 0 Å². The Labute approximate surface area is 119 Å². The molecule has 0 spiro atoms. The molecule has 0 radical (unpaired) electrons. The summed E-state index contributed by atoms with van der Waals surface area (Å²) >= 11 is 0. The smallest absolute Gasteiger partial charge is 0.369 e. The molecule has 1 unspecified atom stereocenters. The second-order valence-corrected chi connectivity index (χ2v) is 5.77. The van der Waals surface area contributed by atoms with Crippen molar-refractivity contribution >= 4 is 11.8 Å². The van der Waals surface area contributed by atoms with Crippen molar-refractivity contribution in [3.63, 3.8) is 0 Å². The van der Waals surface area contributed by atoms with Crippen LogP contribution in [-0.4, -0.2) is 36.0 Å². The van der Waals surface area contributed by atoms with Gasteiger partial charge in [0.25, 0.3) is 0 Å². The molecule has 0 aromatic rings. The van der Waals surface area contributed by atoms with Crippen LogP contribution in [0.25, 0.3) is 0 Å². The molecule has 1 aliphatic heterocycles. The van der Waals surface area contributed by atoms with Crippen LogP contribution in [0.15, 0.2) is 0 Å². The summed E-state index contributed by atoms with van der Waals surface area (Å²) in [5.41, 5.74) is 2.67. The number of piperidine rings is 1. The van der Waals surface area contributed by atoms with Gasteiger partial charge in [-0.3, -0.25) is 9.59 Å². The summed E-state index contributed by atoms with van der Waals surface area (Å²) < 4.78 is 39.4. The first-order valence-corrected chi connectivity index (χ1v) is 6.74. The molecule has 1 saturated carbocycles. The summed E-state index contributed by atoms with van der Waals surface area (Å²) in [4.78, 5) is 24.4. The van der Waals surface area contributed by atoms with Crippen molar-refractivity contribution in [3.05, 3.63) is 0 Å². The lowest BCUT2D eigenvalue weighted by molar-refractivity contribution is -0.197. The lowest BCUT2D eigenvalue weighted by Crippen LogP contribution is -2.42. The number of nitrogens with two attached hydrogens (primary N) is 1. The zero-order chi connectivity index (χ0) is 15.8. The van der Waals surface area contributed by atoms with Gasteiger partial charge < -0.3 is 10.6 Å². The molecule has 2 amide bonds. The van der Waals surface area contributed by atoms with E-state index in [1.165, 1.54) is 4.90 Å². The number of primary amides is 1. The minimum absolute atomic E-state index is 0.148. The molecule has 0 bridgehead atoms. The van der Waals surface area contributed by atoms with Crippen LogP contribution in [0.3, 0.4) is 0 Å². The Morgan fingerprint density at radius 1 is 1.33 bits per heavy atom. The molecule has 2 fully saturated rings. The summed E-state index contributed by atoms with van der Waals surface area (Å²) in [5, 5.41) is 8.76. The first-order valence-electron chi connectivity index (χ1n) is 6.74. The summed E-state index contributed by atoms with van der Waals surface area (Å²) in [7, 11) is 0. The zero-order valence-electron chi connectivity index (χ0n) is 11.3.